The van der Waals surface area contributed by atoms with Gasteiger partial charge in [0.15, 0.2) is 23.0 Å². The molecule has 0 unspecified atom stereocenters. The number of hydrogen-bond acceptors (Lipinski definition) is 4. The Labute approximate surface area is 182 Å². The van der Waals surface area contributed by atoms with Gasteiger partial charge >= 0.3 is 0 Å². The molecule has 2 aromatic rings. The highest BCUT2D eigenvalue weighted by Crippen LogP contribution is 2.42. The predicted molar refractivity (Wildman–Crippen MR) is 122 cm³/mol. The summed E-state index contributed by atoms with van der Waals surface area (Å²) in [7, 11) is 1.93. The molecule has 150 valence electrons. The summed E-state index contributed by atoms with van der Waals surface area (Å²) in [6.07, 6.45) is 11.1. The standard InChI is InChI=1S/C23H29IN2O2/c1-27-23(19-5-3-2-4-6-19)13-15-26(16-14-23)20-9-12-22(25-17-20)18-7-10-21(28-24)11-8-18/h7-12,17,19H,2-6,13-16H2,1H3. The third-order valence-corrected chi connectivity index (χ3v) is 7.23. The summed E-state index contributed by atoms with van der Waals surface area (Å²) in [5.74, 6) is 1.59. The van der Waals surface area contributed by atoms with Crippen LogP contribution >= 0.6 is 23.0 Å². The van der Waals surface area contributed by atoms with Crippen molar-refractivity contribution in [1.82, 2.24) is 4.98 Å². The summed E-state index contributed by atoms with van der Waals surface area (Å²) in [5.41, 5.74) is 3.41. The summed E-state index contributed by atoms with van der Waals surface area (Å²) >= 11 is 1.90. The van der Waals surface area contributed by atoms with Crippen LogP contribution in [0.1, 0.15) is 44.9 Å². The largest absolute Gasteiger partial charge is 0.428 e. The summed E-state index contributed by atoms with van der Waals surface area (Å²) in [6, 6.07) is 12.4. The van der Waals surface area contributed by atoms with Crippen molar-refractivity contribution in [2.24, 2.45) is 5.92 Å². The van der Waals surface area contributed by atoms with Crippen molar-refractivity contribution in [3.05, 3.63) is 42.6 Å². The topological polar surface area (TPSA) is 34.6 Å². The van der Waals surface area contributed by atoms with E-state index in [1.165, 1.54) is 37.8 Å². The average Bonchev–Trinajstić information content (AvgIpc) is 2.80. The fraction of sp³-hybridized carbons (Fsp3) is 0.522. The molecule has 0 radical (unpaired) electrons. The van der Waals surface area contributed by atoms with Gasteiger partial charge in [0.05, 0.1) is 23.2 Å². The van der Waals surface area contributed by atoms with Gasteiger partial charge in [-0.2, -0.15) is 0 Å². The molecule has 4 nitrogen and oxygen atoms in total. The first-order valence-electron chi connectivity index (χ1n) is 10.4. The van der Waals surface area contributed by atoms with Gasteiger partial charge in [-0.3, -0.25) is 4.98 Å². The lowest BCUT2D eigenvalue weighted by molar-refractivity contribution is -0.0856. The number of benzene rings is 1. The zero-order valence-electron chi connectivity index (χ0n) is 16.6. The number of anilines is 1. The van der Waals surface area contributed by atoms with Gasteiger partial charge in [-0.1, -0.05) is 19.3 Å². The molecule has 0 N–H and O–H groups in total. The number of ether oxygens (including phenoxy) is 1. The molecule has 0 atom stereocenters. The molecule has 2 fully saturated rings. The zero-order valence-corrected chi connectivity index (χ0v) is 18.7. The van der Waals surface area contributed by atoms with Crippen molar-refractivity contribution in [3.8, 4) is 17.0 Å². The Hall–Kier alpha value is -1.34. The number of aromatic nitrogens is 1. The van der Waals surface area contributed by atoms with Crippen LogP contribution in [0.25, 0.3) is 11.3 Å². The van der Waals surface area contributed by atoms with Crippen LogP contribution in [0, 0.1) is 5.92 Å². The van der Waals surface area contributed by atoms with Crippen molar-refractivity contribution >= 4 is 28.7 Å². The van der Waals surface area contributed by atoms with E-state index in [4.69, 9.17) is 12.8 Å². The first-order chi connectivity index (χ1) is 13.7. The van der Waals surface area contributed by atoms with Gasteiger partial charge in [0.1, 0.15) is 5.75 Å². The van der Waals surface area contributed by atoms with E-state index in [2.05, 4.69) is 17.0 Å². The van der Waals surface area contributed by atoms with Crippen LogP contribution in [0.4, 0.5) is 5.69 Å². The molecule has 4 rings (SSSR count). The average molecular weight is 492 g/mol. The number of nitrogens with zero attached hydrogens (tertiary/aromatic N) is 2. The first kappa shape index (κ1) is 20.0. The normalized spacial score (nSPS) is 20.1. The minimum absolute atomic E-state index is 0.0900. The van der Waals surface area contributed by atoms with Crippen LogP contribution in [0.15, 0.2) is 42.6 Å². The molecular weight excluding hydrogens is 463 g/mol. The fourth-order valence-electron chi connectivity index (χ4n) is 4.97. The van der Waals surface area contributed by atoms with E-state index in [0.29, 0.717) is 0 Å². The zero-order chi connectivity index (χ0) is 19.4. The molecule has 1 aliphatic heterocycles. The SMILES string of the molecule is COC1(C2CCCCC2)CCN(c2ccc(-c3ccc(OI)cc3)nc2)CC1. The lowest BCUT2D eigenvalue weighted by atomic mass is 9.72. The number of rotatable bonds is 5. The van der Waals surface area contributed by atoms with E-state index in [-0.39, 0.29) is 5.60 Å². The number of pyridine rings is 1. The van der Waals surface area contributed by atoms with Crippen LogP contribution in [-0.2, 0) is 4.74 Å². The van der Waals surface area contributed by atoms with E-state index in [1.54, 1.807) is 0 Å². The van der Waals surface area contributed by atoms with Crippen LogP contribution in [0.2, 0.25) is 0 Å². The Morgan fingerprint density at radius 1 is 1.00 bits per heavy atom. The summed E-state index contributed by atoms with van der Waals surface area (Å²) in [6.45, 7) is 2.10. The lowest BCUT2D eigenvalue weighted by Crippen LogP contribution is -2.50. The van der Waals surface area contributed by atoms with Crippen LogP contribution in [0.3, 0.4) is 0 Å². The highest BCUT2D eigenvalue weighted by Gasteiger charge is 2.41. The third-order valence-electron chi connectivity index (χ3n) is 6.72. The van der Waals surface area contributed by atoms with Gasteiger partial charge in [0.2, 0.25) is 0 Å². The van der Waals surface area contributed by atoms with Crippen molar-refractivity contribution in [2.45, 2.75) is 50.5 Å². The molecule has 1 saturated heterocycles. The molecule has 1 aromatic heterocycles. The van der Waals surface area contributed by atoms with Gasteiger partial charge in [0.25, 0.3) is 0 Å². The molecule has 2 heterocycles. The Morgan fingerprint density at radius 3 is 2.29 bits per heavy atom. The van der Waals surface area contributed by atoms with Gasteiger partial charge in [-0.15, -0.1) is 0 Å². The van der Waals surface area contributed by atoms with E-state index >= 15 is 0 Å². The second-order valence-corrected chi connectivity index (χ2v) is 8.53. The second-order valence-electron chi connectivity index (χ2n) is 8.09. The predicted octanol–water partition coefficient (Wildman–Crippen LogP) is 6.04. The smallest absolute Gasteiger partial charge is 0.192 e. The maximum Gasteiger partial charge on any atom is 0.192 e. The van der Waals surface area contributed by atoms with Gasteiger partial charge in [-0.05, 0) is 68.0 Å². The van der Waals surface area contributed by atoms with Crippen LogP contribution < -0.4 is 7.97 Å². The molecule has 0 bridgehead atoms. The number of halogens is 1. The number of piperidine rings is 1. The second kappa shape index (κ2) is 8.99. The van der Waals surface area contributed by atoms with Gasteiger partial charge < -0.3 is 12.7 Å². The van der Waals surface area contributed by atoms with E-state index in [9.17, 15) is 0 Å². The van der Waals surface area contributed by atoms with Crippen molar-refractivity contribution in [2.75, 3.05) is 25.1 Å². The van der Waals surface area contributed by atoms with E-state index < -0.39 is 0 Å². The molecule has 1 saturated carbocycles. The Morgan fingerprint density at radius 2 is 1.71 bits per heavy atom. The third kappa shape index (κ3) is 4.15. The number of hydrogen-bond donors (Lipinski definition) is 0. The highest BCUT2D eigenvalue weighted by atomic mass is 127. The molecular formula is C23H29IN2O2. The summed E-state index contributed by atoms with van der Waals surface area (Å²) < 4.78 is 11.4. The van der Waals surface area contributed by atoms with Gasteiger partial charge in [-0.25, -0.2) is 0 Å². The minimum atomic E-state index is 0.0900. The minimum Gasteiger partial charge on any atom is -0.428 e. The Bertz CT molecular complexity index is 749. The monoisotopic (exact) mass is 492 g/mol. The summed E-state index contributed by atoms with van der Waals surface area (Å²) in [5, 5.41) is 0. The van der Waals surface area contributed by atoms with Crippen LogP contribution in [0.5, 0.6) is 5.75 Å². The fourth-order valence-corrected chi connectivity index (χ4v) is 5.27. The van der Waals surface area contributed by atoms with Gasteiger partial charge in [0, 0.05) is 25.8 Å². The molecule has 2 aliphatic rings. The molecule has 1 aromatic carbocycles. The van der Waals surface area contributed by atoms with E-state index in [1.807, 2.05) is 60.6 Å². The molecule has 1 aliphatic carbocycles. The Kier molecular flexibility index (Phi) is 6.41. The van der Waals surface area contributed by atoms with Crippen LogP contribution in [-0.4, -0.2) is 30.8 Å². The van der Waals surface area contributed by atoms with Crippen molar-refractivity contribution in [1.29, 1.82) is 0 Å². The number of methoxy groups -OCH3 is 1. The van der Waals surface area contributed by atoms with E-state index in [0.717, 1.165) is 48.9 Å². The molecule has 0 spiro atoms. The first-order valence-corrected chi connectivity index (χ1v) is 11.3. The lowest BCUT2D eigenvalue weighted by Gasteiger charge is -2.47. The van der Waals surface area contributed by atoms with Crippen molar-refractivity contribution < 1.29 is 7.80 Å². The highest BCUT2D eigenvalue weighted by molar-refractivity contribution is 14.1. The quantitative estimate of drug-likeness (QED) is 0.477. The summed E-state index contributed by atoms with van der Waals surface area (Å²) in [4.78, 5) is 7.17. The maximum atomic E-state index is 6.15. The molecule has 0 amide bonds. The molecule has 5 heteroatoms. The molecule has 28 heavy (non-hydrogen) atoms. The van der Waals surface area contributed by atoms with Crippen molar-refractivity contribution in [3.63, 3.8) is 0 Å². The Balaban J connectivity index is 1.41. The maximum absolute atomic E-state index is 6.15.